The van der Waals surface area contributed by atoms with Crippen molar-refractivity contribution in [3.05, 3.63) is 0 Å². The molecule has 4 amide bonds. The van der Waals surface area contributed by atoms with Gasteiger partial charge < -0.3 is 34.4 Å². The molecule has 0 unspecified atom stereocenters. The summed E-state index contributed by atoms with van der Waals surface area (Å²) >= 11 is 0. The van der Waals surface area contributed by atoms with E-state index < -0.39 is 29.8 Å². The van der Waals surface area contributed by atoms with Gasteiger partial charge in [-0.05, 0) is 0 Å². The molecule has 15 nitrogen and oxygen atoms in total. The summed E-state index contributed by atoms with van der Waals surface area (Å²) in [7, 11) is 0. The molecule has 2 N–H and O–H groups in total. The maximum Gasteiger partial charge on any atom is 0.407 e. The number of carbonyl (C=O) groups is 6. The number of nitrogens with one attached hydrogen (secondary N) is 2. The third kappa shape index (κ3) is 14.9. The smallest absolute Gasteiger partial charge is 0.407 e. The number of hydrogen-bond donors (Lipinski definition) is 2. The minimum absolute atomic E-state index is 0.0231. The Morgan fingerprint density at radius 3 is 1.92 bits per heavy atom. The lowest BCUT2D eigenvalue weighted by atomic mass is 10.4. The maximum atomic E-state index is 12.1. The number of amides is 4. The minimum atomic E-state index is -0.859. The molecule has 0 aromatic rings. The first-order chi connectivity index (χ1) is 17.2. The molecule has 1 fully saturated rings. The molecule has 0 atom stereocenters. The Morgan fingerprint density at radius 2 is 1.36 bits per heavy atom. The molecule has 1 saturated heterocycles. The molecule has 0 aliphatic carbocycles. The van der Waals surface area contributed by atoms with Gasteiger partial charge in [-0.2, -0.15) is 0 Å². The quantitative estimate of drug-likeness (QED) is 0.120. The molecule has 0 aromatic heterocycles. The van der Waals surface area contributed by atoms with Crippen molar-refractivity contribution in [3.63, 3.8) is 0 Å². The van der Waals surface area contributed by atoms with E-state index in [9.17, 15) is 28.8 Å². The molecule has 1 aliphatic heterocycles. The largest absolute Gasteiger partial charge is 0.465 e. The Morgan fingerprint density at radius 1 is 0.806 bits per heavy atom. The highest BCUT2D eigenvalue weighted by molar-refractivity contribution is 6.01. The van der Waals surface area contributed by atoms with E-state index in [4.69, 9.17) is 23.8 Å². The third-order valence-corrected chi connectivity index (χ3v) is 4.41. The van der Waals surface area contributed by atoms with Gasteiger partial charge in [-0.3, -0.25) is 24.1 Å². The fraction of sp³-hybridized carbons (Fsp3) is 0.714. The maximum absolute atomic E-state index is 12.1. The molecule has 1 aliphatic rings. The normalized spacial score (nSPS) is 13.0. The number of alkyl carbamates (subject to hydrolysis) is 1. The first-order valence-electron chi connectivity index (χ1n) is 11.4. The van der Waals surface area contributed by atoms with Crippen LogP contribution in [0.2, 0.25) is 0 Å². The third-order valence-electron chi connectivity index (χ3n) is 4.41. The predicted molar refractivity (Wildman–Crippen MR) is 120 cm³/mol. The summed E-state index contributed by atoms with van der Waals surface area (Å²) < 4.78 is 20.5. The van der Waals surface area contributed by atoms with Crippen molar-refractivity contribution in [2.75, 3.05) is 72.4 Å². The van der Waals surface area contributed by atoms with Gasteiger partial charge in [0.1, 0.15) is 13.2 Å². The van der Waals surface area contributed by atoms with Gasteiger partial charge in [0.25, 0.3) is 11.8 Å². The number of esters is 1. The van der Waals surface area contributed by atoms with Crippen LogP contribution in [0.4, 0.5) is 4.79 Å². The molecule has 0 saturated carbocycles. The number of ether oxygens (including phenoxy) is 4. The average Bonchev–Trinajstić information content (AvgIpc) is 3.11. The van der Waals surface area contributed by atoms with Gasteiger partial charge in [0, 0.05) is 52.9 Å². The van der Waals surface area contributed by atoms with E-state index in [2.05, 4.69) is 10.6 Å². The average molecular weight is 519 g/mol. The Hall–Kier alpha value is -3.30. The standard InChI is InChI=1S/C21H34N4O11/c1-16(26)22-5-9-32-13-14-33-10-6-23-21(31)35-12-8-24(7-11-34-17(2)27)15-20(30)36-25-18(28)3-4-19(25)29/h3-15H2,1-2H3,(H,22,26)(H,23,31). The lowest BCUT2D eigenvalue weighted by Crippen LogP contribution is -2.41. The van der Waals surface area contributed by atoms with Crippen LogP contribution >= 0.6 is 0 Å². The fourth-order valence-electron chi connectivity index (χ4n) is 2.72. The lowest BCUT2D eigenvalue weighted by molar-refractivity contribution is -0.198. The van der Waals surface area contributed by atoms with Crippen molar-refractivity contribution in [2.45, 2.75) is 26.7 Å². The zero-order valence-corrected chi connectivity index (χ0v) is 20.6. The second-order valence-corrected chi connectivity index (χ2v) is 7.43. The Balaban J connectivity index is 2.22. The van der Waals surface area contributed by atoms with Crippen LogP contribution in [0.1, 0.15) is 26.7 Å². The molecular weight excluding hydrogens is 484 g/mol. The molecule has 1 rings (SSSR count). The van der Waals surface area contributed by atoms with Crippen LogP contribution in [-0.2, 0) is 47.8 Å². The second-order valence-electron chi connectivity index (χ2n) is 7.43. The van der Waals surface area contributed by atoms with Crippen molar-refractivity contribution >= 4 is 35.8 Å². The molecular formula is C21H34N4O11. The van der Waals surface area contributed by atoms with Gasteiger partial charge in [-0.15, -0.1) is 5.06 Å². The highest BCUT2D eigenvalue weighted by Crippen LogP contribution is 2.12. The summed E-state index contributed by atoms with van der Waals surface area (Å²) in [6.45, 7) is 4.32. The first-order valence-corrected chi connectivity index (χ1v) is 11.4. The van der Waals surface area contributed by atoms with Crippen LogP contribution in [0.3, 0.4) is 0 Å². The Kier molecular flexibility index (Phi) is 15.4. The van der Waals surface area contributed by atoms with Crippen LogP contribution in [0, 0.1) is 0 Å². The molecule has 1 heterocycles. The van der Waals surface area contributed by atoms with Gasteiger partial charge in [0.15, 0.2) is 0 Å². The number of rotatable bonds is 18. The monoisotopic (exact) mass is 518 g/mol. The topological polar surface area (TPSA) is 179 Å². The highest BCUT2D eigenvalue weighted by Gasteiger charge is 2.33. The van der Waals surface area contributed by atoms with Crippen molar-refractivity contribution in [1.29, 1.82) is 0 Å². The fourth-order valence-corrected chi connectivity index (χ4v) is 2.72. The molecule has 15 heteroatoms. The highest BCUT2D eigenvalue weighted by atomic mass is 16.7. The van der Waals surface area contributed by atoms with Crippen molar-refractivity contribution < 1.29 is 52.6 Å². The molecule has 36 heavy (non-hydrogen) atoms. The summed E-state index contributed by atoms with van der Waals surface area (Å²) in [6.07, 6.45) is -0.741. The number of carbonyl (C=O) groups excluding carboxylic acids is 6. The van der Waals surface area contributed by atoms with Crippen LogP contribution in [0.5, 0.6) is 0 Å². The summed E-state index contributed by atoms with van der Waals surface area (Å²) in [6, 6.07) is 0. The lowest BCUT2D eigenvalue weighted by Gasteiger charge is -2.22. The van der Waals surface area contributed by atoms with E-state index in [1.165, 1.54) is 18.7 Å². The Bertz CT molecular complexity index is 746. The van der Waals surface area contributed by atoms with E-state index in [1.807, 2.05) is 0 Å². The van der Waals surface area contributed by atoms with Gasteiger partial charge in [-0.25, -0.2) is 9.59 Å². The summed E-state index contributed by atoms with van der Waals surface area (Å²) in [5.74, 6) is -2.68. The van der Waals surface area contributed by atoms with Crippen LogP contribution in [0.15, 0.2) is 0 Å². The van der Waals surface area contributed by atoms with Crippen LogP contribution < -0.4 is 10.6 Å². The molecule has 0 radical (unpaired) electrons. The number of nitrogens with zero attached hydrogens (tertiary/aromatic N) is 2. The van der Waals surface area contributed by atoms with Crippen molar-refractivity contribution in [1.82, 2.24) is 20.6 Å². The van der Waals surface area contributed by atoms with E-state index in [-0.39, 0.29) is 64.7 Å². The molecule has 204 valence electrons. The van der Waals surface area contributed by atoms with Gasteiger partial charge >= 0.3 is 18.0 Å². The molecule has 0 aromatic carbocycles. The number of hydroxylamine groups is 2. The van der Waals surface area contributed by atoms with E-state index in [0.29, 0.717) is 31.4 Å². The zero-order valence-electron chi connectivity index (χ0n) is 20.6. The zero-order chi connectivity index (χ0) is 26.8. The van der Waals surface area contributed by atoms with Crippen LogP contribution in [0.25, 0.3) is 0 Å². The van der Waals surface area contributed by atoms with Gasteiger partial charge in [-0.1, -0.05) is 0 Å². The molecule has 0 spiro atoms. The molecule has 0 bridgehead atoms. The van der Waals surface area contributed by atoms with Crippen LogP contribution in [-0.4, -0.2) is 118 Å². The van der Waals surface area contributed by atoms with Gasteiger partial charge in [0.2, 0.25) is 5.91 Å². The van der Waals surface area contributed by atoms with Crippen molar-refractivity contribution in [2.24, 2.45) is 0 Å². The van der Waals surface area contributed by atoms with E-state index in [1.54, 1.807) is 0 Å². The summed E-state index contributed by atoms with van der Waals surface area (Å²) in [5, 5.41) is 5.54. The summed E-state index contributed by atoms with van der Waals surface area (Å²) in [4.78, 5) is 75.1. The van der Waals surface area contributed by atoms with E-state index in [0.717, 1.165) is 0 Å². The second kappa shape index (κ2) is 18.0. The number of imide groups is 1. The predicted octanol–water partition coefficient (Wildman–Crippen LogP) is -1.65. The van der Waals surface area contributed by atoms with Crippen molar-refractivity contribution in [3.8, 4) is 0 Å². The SMILES string of the molecule is CC(=O)NCCOCCOCCNC(=O)OCCN(CCOC(C)=O)CC(=O)ON1C(=O)CCC1=O. The Labute approximate surface area is 208 Å². The van der Waals surface area contributed by atoms with Gasteiger partial charge in [0.05, 0.1) is 33.0 Å². The summed E-state index contributed by atoms with van der Waals surface area (Å²) in [5.41, 5.74) is 0. The number of hydrogen-bond acceptors (Lipinski definition) is 12. The van der Waals surface area contributed by atoms with E-state index >= 15 is 0 Å². The minimum Gasteiger partial charge on any atom is -0.465 e. The first kappa shape index (κ1) is 30.7.